The number of allylic oxidation sites excluding steroid dienone is 1. The highest BCUT2D eigenvalue weighted by atomic mass is 35.5. The van der Waals surface area contributed by atoms with E-state index in [1.807, 2.05) is 0 Å². The summed E-state index contributed by atoms with van der Waals surface area (Å²) in [7, 11) is 0. The Labute approximate surface area is 203 Å². The first-order valence-electron chi connectivity index (χ1n) is 10.3. The van der Waals surface area contributed by atoms with Crippen LogP contribution in [-0.2, 0) is 9.53 Å². The van der Waals surface area contributed by atoms with E-state index in [1.54, 1.807) is 56.4 Å². The van der Waals surface area contributed by atoms with Gasteiger partial charge in [-0.3, -0.25) is 9.36 Å². The highest BCUT2D eigenvalue weighted by Crippen LogP contribution is 2.31. The molecule has 1 atom stereocenters. The number of carbonyl (C=O) groups excluding carboxylic acids is 1. The molecule has 4 rings (SSSR count). The number of ether oxygens (including phenoxy) is 1. The van der Waals surface area contributed by atoms with Gasteiger partial charge in [-0.25, -0.2) is 14.6 Å². The van der Waals surface area contributed by atoms with Crippen LogP contribution in [0.25, 0.3) is 6.20 Å². The van der Waals surface area contributed by atoms with E-state index in [0.717, 1.165) is 0 Å². The second-order valence-electron chi connectivity index (χ2n) is 7.38. The van der Waals surface area contributed by atoms with Crippen molar-refractivity contribution < 1.29 is 19.4 Å². The Morgan fingerprint density at radius 1 is 1.21 bits per heavy atom. The number of hydrogen-bond donors (Lipinski definition) is 2. The van der Waals surface area contributed by atoms with Gasteiger partial charge in [-0.1, -0.05) is 35.1 Å². The Hall–Kier alpha value is -3.69. The standard InChI is InChI=1S/C24H20ClN3O5S/c1-3-33-23(32)19-13(2)27-24-28(20(19)14-4-8-16(25)9-5-14)21(29)18(34-24)12-26-17-10-6-15(7-11-17)22(30)31/h4-12,20,26H,3H2,1-2H3,(H,30,31)/b18-12-. The summed E-state index contributed by atoms with van der Waals surface area (Å²) in [5.41, 5.74) is 1.92. The minimum atomic E-state index is -1.02. The monoisotopic (exact) mass is 497 g/mol. The number of hydrogen-bond acceptors (Lipinski definition) is 7. The number of benzene rings is 2. The van der Waals surface area contributed by atoms with Gasteiger partial charge in [0.2, 0.25) is 0 Å². The number of fused-ring (bicyclic) bond motifs is 1. The first-order chi connectivity index (χ1) is 16.3. The predicted octanol–water partition coefficient (Wildman–Crippen LogP) is 3.17. The quantitative estimate of drug-likeness (QED) is 0.506. The lowest BCUT2D eigenvalue weighted by atomic mass is 9.96. The third-order valence-corrected chi connectivity index (χ3v) is 6.44. The molecule has 0 saturated heterocycles. The van der Waals surface area contributed by atoms with E-state index in [-0.39, 0.29) is 17.7 Å². The SMILES string of the molecule is CCOC(=O)C1=C(C)N=c2s/c(=C\Nc3ccc(C(=O)O)cc3)c(=O)n2C1c1ccc(Cl)cc1. The van der Waals surface area contributed by atoms with Gasteiger partial charge in [0.25, 0.3) is 5.56 Å². The molecule has 0 radical (unpaired) electrons. The fourth-order valence-corrected chi connectivity index (χ4v) is 4.71. The topological polar surface area (TPSA) is 110 Å². The zero-order valence-electron chi connectivity index (χ0n) is 18.2. The minimum absolute atomic E-state index is 0.162. The zero-order valence-corrected chi connectivity index (χ0v) is 19.8. The fourth-order valence-electron chi connectivity index (χ4n) is 3.61. The average molecular weight is 498 g/mol. The summed E-state index contributed by atoms with van der Waals surface area (Å²) in [6.07, 6.45) is 1.54. The molecular weight excluding hydrogens is 478 g/mol. The molecule has 0 bridgehead atoms. The second-order valence-corrected chi connectivity index (χ2v) is 8.83. The molecule has 174 valence electrons. The Balaban J connectivity index is 1.81. The largest absolute Gasteiger partial charge is 0.478 e. The lowest BCUT2D eigenvalue weighted by molar-refractivity contribution is -0.139. The summed E-state index contributed by atoms with van der Waals surface area (Å²) in [5.74, 6) is -1.55. The average Bonchev–Trinajstić information content (AvgIpc) is 3.12. The van der Waals surface area contributed by atoms with Gasteiger partial charge >= 0.3 is 11.9 Å². The third kappa shape index (κ3) is 4.52. The van der Waals surface area contributed by atoms with E-state index in [0.29, 0.717) is 36.9 Å². The number of halogens is 1. The van der Waals surface area contributed by atoms with Crippen LogP contribution >= 0.6 is 22.9 Å². The van der Waals surface area contributed by atoms with Crippen molar-refractivity contribution in [3.8, 4) is 0 Å². The number of aromatic carboxylic acids is 1. The maximum atomic E-state index is 13.4. The van der Waals surface area contributed by atoms with E-state index in [2.05, 4.69) is 10.3 Å². The first kappa shape index (κ1) is 23.5. The number of thiazole rings is 1. The summed E-state index contributed by atoms with van der Waals surface area (Å²) in [5, 5.41) is 12.6. The Morgan fingerprint density at radius 2 is 1.88 bits per heavy atom. The van der Waals surface area contributed by atoms with Gasteiger partial charge < -0.3 is 15.2 Å². The van der Waals surface area contributed by atoms with Crippen molar-refractivity contribution in [2.75, 3.05) is 11.9 Å². The predicted molar refractivity (Wildman–Crippen MR) is 130 cm³/mol. The fraction of sp³-hybridized carbons (Fsp3) is 0.167. The van der Waals surface area contributed by atoms with Crippen LogP contribution in [0.2, 0.25) is 5.02 Å². The van der Waals surface area contributed by atoms with Crippen LogP contribution in [-0.4, -0.2) is 28.2 Å². The lowest BCUT2D eigenvalue weighted by Gasteiger charge is -2.24. The van der Waals surface area contributed by atoms with Crippen LogP contribution in [0.1, 0.15) is 35.8 Å². The van der Waals surface area contributed by atoms with Crippen LogP contribution in [0.5, 0.6) is 0 Å². The number of carboxylic acids is 1. The number of nitrogens with one attached hydrogen (secondary N) is 1. The normalized spacial score (nSPS) is 15.5. The molecule has 1 aliphatic heterocycles. The van der Waals surface area contributed by atoms with Crippen molar-refractivity contribution in [2.24, 2.45) is 4.99 Å². The molecule has 0 amide bonds. The molecule has 0 fully saturated rings. The van der Waals surface area contributed by atoms with Crippen molar-refractivity contribution in [2.45, 2.75) is 19.9 Å². The van der Waals surface area contributed by atoms with E-state index in [1.165, 1.54) is 28.0 Å². The van der Waals surface area contributed by atoms with Crippen LogP contribution in [0.4, 0.5) is 5.69 Å². The molecule has 2 heterocycles. The summed E-state index contributed by atoms with van der Waals surface area (Å²) in [6.45, 7) is 3.63. The summed E-state index contributed by atoms with van der Waals surface area (Å²) >= 11 is 7.24. The maximum Gasteiger partial charge on any atom is 0.338 e. The van der Waals surface area contributed by atoms with Crippen molar-refractivity contribution in [3.05, 3.63) is 95.6 Å². The van der Waals surface area contributed by atoms with Crippen molar-refractivity contribution in [1.29, 1.82) is 0 Å². The van der Waals surface area contributed by atoms with Crippen LogP contribution in [0, 0.1) is 0 Å². The molecular formula is C24H20ClN3O5S. The van der Waals surface area contributed by atoms with Gasteiger partial charge in [0.15, 0.2) is 4.80 Å². The summed E-state index contributed by atoms with van der Waals surface area (Å²) in [6, 6.07) is 12.4. The Bertz CT molecular complexity index is 1470. The lowest BCUT2D eigenvalue weighted by Crippen LogP contribution is -2.40. The minimum Gasteiger partial charge on any atom is -0.478 e. The number of carboxylic acid groups (broad SMARTS) is 1. The van der Waals surface area contributed by atoms with Crippen molar-refractivity contribution in [1.82, 2.24) is 4.57 Å². The van der Waals surface area contributed by atoms with Gasteiger partial charge in [0, 0.05) is 16.9 Å². The third-order valence-electron chi connectivity index (χ3n) is 5.20. The summed E-state index contributed by atoms with van der Waals surface area (Å²) in [4.78, 5) is 42.3. The molecule has 2 N–H and O–H groups in total. The molecule has 1 aromatic heterocycles. The van der Waals surface area contributed by atoms with Gasteiger partial charge in [0.1, 0.15) is 4.53 Å². The van der Waals surface area contributed by atoms with E-state index >= 15 is 0 Å². The molecule has 2 aromatic carbocycles. The number of esters is 1. The maximum absolute atomic E-state index is 13.4. The van der Waals surface area contributed by atoms with Crippen molar-refractivity contribution >= 4 is 46.8 Å². The molecule has 3 aromatic rings. The molecule has 0 saturated carbocycles. The smallest absolute Gasteiger partial charge is 0.338 e. The molecule has 10 heteroatoms. The Morgan fingerprint density at radius 3 is 2.50 bits per heavy atom. The van der Waals surface area contributed by atoms with Gasteiger partial charge in [-0.05, 0) is 55.8 Å². The summed E-state index contributed by atoms with van der Waals surface area (Å²) < 4.78 is 7.12. The van der Waals surface area contributed by atoms with Crippen LogP contribution in [0.3, 0.4) is 0 Å². The highest BCUT2D eigenvalue weighted by molar-refractivity contribution is 7.07. The second kappa shape index (κ2) is 9.66. The van der Waals surface area contributed by atoms with E-state index in [4.69, 9.17) is 21.4 Å². The number of anilines is 1. The van der Waals surface area contributed by atoms with Crippen molar-refractivity contribution in [3.63, 3.8) is 0 Å². The van der Waals surface area contributed by atoms with Crippen LogP contribution < -0.4 is 20.2 Å². The molecule has 1 aliphatic rings. The number of rotatable bonds is 6. The number of nitrogens with zero attached hydrogens (tertiary/aromatic N) is 2. The number of aromatic nitrogens is 1. The Kier molecular flexibility index (Phi) is 6.67. The number of carbonyl (C=O) groups is 2. The molecule has 34 heavy (non-hydrogen) atoms. The molecule has 1 unspecified atom stereocenters. The molecule has 0 spiro atoms. The van der Waals surface area contributed by atoms with E-state index in [9.17, 15) is 14.4 Å². The molecule has 0 aliphatic carbocycles. The van der Waals surface area contributed by atoms with Gasteiger partial charge in [-0.15, -0.1) is 0 Å². The van der Waals surface area contributed by atoms with Crippen LogP contribution in [0.15, 0.2) is 69.6 Å². The van der Waals surface area contributed by atoms with Gasteiger partial charge in [0.05, 0.1) is 29.5 Å². The first-order valence-corrected chi connectivity index (χ1v) is 11.5. The van der Waals surface area contributed by atoms with E-state index < -0.39 is 18.0 Å². The highest BCUT2D eigenvalue weighted by Gasteiger charge is 2.33. The molecule has 8 nitrogen and oxygen atoms in total. The van der Waals surface area contributed by atoms with Gasteiger partial charge in [-0.2, -0.15) is 0 Å². The zero-order chi connectivity index (χ0) is 24.4.